The van der Waals surface area contributed by atoms with Crippen LogP contribution >= 0.6 is 39.1 Å². The average molecular weight is 396 g/mol. The Labute approximate surface area is 147 Å². The molecule has 0 bridgehead atoms. The third kappa shape index (κ3) is 3.37. The van der Waals surface area contributed by atoms with Gasteiger partial charge in [-0.25, -0.2) is 4.98 Å². The molecule has 3 rings (SSSR count). The predicted octanol–water partition coefficient (Wildman–Crippen LogP) is 6.05. The Morgan fingerprint density at radius 1 is 1.09 bits per heavy atom. The maximum atomic E-state index is 6.28. The minimum atomic E-state index is 0.609. The summed E-state index contributed by atoms with van der Waals surface area (Å²) < 4.78 is 1.07. The van der Waals surface area contributed by atoms with Crippen LogP contribution in [0.1, 0.15) is 17.1 Å². The second-order valence-electron chi connectivity index (χ2n) is 5.08. The van der Waals surface area contributed by atoms with E-state index in [-0.39, 0.29) is 0 Å². The van der Waals surface area contributed by atoms with E-state index in [1.165, 1.54) is 5.56 Å². The summed E-state index contributed by atoms with van der Waals surface area (Å²) in [7, 11) is 0. The van der Waals surface area contributed by atoms with Crippen molar-refractivity contribution in [3.8, 4) is 11.3 Å². The van der Waals surface area contributed by atoms with Crippen molar-refractivity contribution < 1.29 is 0 Å². The highest BCUT2D eigenvalue weighted by Gasteiger charge is 2.12. The van der Waals surface area contributed by atoms with Gasteiger partial charge in [-0.05, 0) is 42.8 Å². The van der Waals surface area contributed by atoms with Crippen LogP contribution in [-0.4, -0.2) is 9.97 Å². The lowest BCUT2D eigenvalue weighted by atomic mass is 10.1. The van der Waals surface area contributed by atoms with Crippen LogP contribution in [0.3, 0.4) is 0 Å². The van der Waals surface area contributed by atoms with E-state index in [0.717, 1.165) is 33.7 Å². The Morgan fingerprint density at radius 2 is 1.82 bits per heavy atom. The largest absolute Gasteiger partial charge is 0.345 e. The molecule has 0 radical (unpaired) electrons. The van der Waals surface area contributed by atoms with Gasteiger partial charge < -0.3 is 4.98 Å². The van der Waals surface area contributed by atoms with Crippen molar-refractivity contribution in [3.63, 3.8) is 0 Å². The monoisotopic (exact) mass is 394 g/mol. The molecule has 3 aromatic rings. The number of hydrogen-bond acceptors (Lipinski definition) is 1. The van der Waals surface area contributed by atoms with E-state index >= 15 is 0 Å². The number of aromatic nitrogens is 2. The maximum absolute atomic E-state index is 6.28. The molecule has 0 amide bonds. The second kappa shape index (κ2) is 6.45. The summed E-state index contributed by atoms with van der Waals surface area (Å²) in [6.07, 6.45) is 0.749. The van der Waals surface area contributed by atoms with Crippen LogP contribution in [0.5, 0.6) is 0 Å². The van der Waals surface area contributed by atoms with Crippen molar-refractivity contribution in [2.75, 3.05) is 0 Å². The van der Waals surface area contributed by atoms with Crippen LogP contribution in [0.25, 0.3) is 11.3 Å². The van der Waals surface area contributed by atoms with E-state index in [0.29, 0.717) is 10.0 Å². The zero-order valence-corrected chi connectivity index (χ0v) is 14.9. The zero-order valence-electron chi connectivity index (χ0n) is 11.8. The number of aromatic amines is 1. The van der Waals surface area contributed by atoms with Crippen molar-refractivity contribution in [1.82, 2.24) is 9.97 Å². The molecule has 2 nitrogen and oxygen atoms in total. The zero-order chi connectivity index (χ0) is 15.7. The molecule has 1 aromatic heterocycles. The SMILES string of the molecule is Cc1[nH]c(Cc2ccc(Br)cc2)nc1-c1ccc(Cl)cc1Cl. The fourth-order valence-electron chi connectivity index (χ4n) is 2.35. The van der Waals surface area contributed by atoms with E-state index in [9.17, 15) is 0 Å². The third-order valence-corrected chi connectivity index (χ3v) is 4.48. The minimum Gasteiger partial charge on any atom is -0.345 e. The van der Waals surface area contributed by atoms with Gasteiger partial charge in [-0.3, -0.25) is 0 Å². The third-order valence-electron chi connectivity index (χ3n) is 3.40. The first-order valence-electron chi connectivity index (χ1n) is 6.78. The van der Waals surface area contributed by atoms with E-state index < -0.39 is 0 Å². The van der Waals surface area contributed by atoms with Crippen molar-refractivity contribution in [3.05, 3.63) is 74.1 Å². The topological polar surface area (TPSA) is 28.7 Å². The molecular formula is C17H13BrCl2N2. The molecule has 0 aliphatic carbocycles. The number of rotatable bonds is 3. The highest BCUT2D eigenvalue weighted by molar-refractivity contribution is 9.10. The minimum absolute atomic E-state index is 0.609. The molecule has 2 aromatic carbocycles. The number of benzene rings is 2. The number of hydrogen-bond donors (Lipinski definition) is 1. The van der Waals surface area contributed by atoms with Crippen molar-refractivity contribution >= 4 is 39.1 Å². The number of H-pyrrole nitrogens is 1. The molecule has 1 N–H and O–H groups in total. The van der Waals surface area contributed by atoms with Crippen molar-refractivity contribution in [1.29, 1.82) is 0 Å². The van der Waals surface area contributed by atoms with Gasteiger partial charge in [0, 0.05) is 27.2 Å². The Bertz CT molecular complexity index is 810. The average Bonchev–Trinajstić information content (AvgIpc) is 2.82. The Kier molecular flexibility index (Phi) is 4.57. The van der Waals surface area contributed by atoms with Crippen LogP contribution in [-0.2, 0) is 6.42 Å². The Morgan fingerprint density at radius 3 is 2.50 bits per heavy atom. The smallest absolute Gasteiger partial charge is 0.111 e. The quantitative estimate of drug-likeness (QED) is 0.574. The first-order chi connectivity index (χ1) is 10.5. The van der Waals surface area contributed by atoms with Gasteiger partial charge in [0.1, 0.15) is 5.82 Å². The lowest BCUT2D eigenvalue weighted by Gasteiger charge is -2.02. The van der Waals surface area contributed by atoms with Gasteiger partial charge in [0.15, 0.2) is 0 Å². The van der Waals surface area contributed by atoms with Crippen LogP contribution in [0.15, 0.2) is 46.9 Å². The summed E-state index contributed by atoms with van der Waals surface area (Å²) in [4.78, 5) is 8.03. The van der Waals surface area contributed by atoms with Crippen molar-refractivity contribution in [2.45, 2.75) is 13.3 Å². The van der Waals surface area contributed by atoms with Crippen LogP contribution in [0.4, 0.5) is 0 Å². The fraction of sp³-hybridized carbons (Fsp3) is 0.118. The summed E-state index contributed by atoms with van der Waals surface area (Å²) in [6.45, 7) is 2.00. The number of nitrogens with zero attached hydrogens (tertiary/aromatic N) is 1. The molecule has 0 unspecified atom stereocenters. The second-order valence-corrected chi connectivity index (χ2v) is 6.84. The molecular weight excluding hydrogens is 383 g/mol. The van der Waals surface area contributed by atoms with E-state index in [1.807, 2.05) is 31.2 Å². The van der Waals surface area contributed by atoms with Crippen molar-refractivity contribution in [2.24, 2.45) is 0 Å². The summed E-state index contributed by atoms with van der Waals surface area (Å²) >= 11 is 15.7. The molecule has 5 heteroatoms. The maximum Gasteiger partial charge on any atom is 0.111 e. The molecule has 0 spiro atoms. The van der Waals surface area contributed by atoms with E-state index in [4.69, 9.17) is 28.2 Å². The van der Waals surface area contributed by atoms with Gasteiger partial charge in [0.2, 0.25) is 0 Å². The Balaban J connectivity index is 1.92. The molecule has 0 aliphatic rings. The molecule has 0 saturated carbocycles. The van der Waals surface area contributed by atoms with Gasteiger partial charge in [0.25, 0.3) is 0 Å². The summed E-state index contributed by atoms with van der Waals surface area (Å²) in [5, 5.41) is 1.23. The van der Waals surface area contributed by atoms with Gasteiger partial charge in [0.05, 0.1) is 10.7 Å². The van der Waals surface area contributed by atoms with Gasteiger partial charge in [-0.2, -0.15) is 0 Å². The molecule has 0 atom stereocenters. The molecule has 112 valence electrons. The number of aryl methyl sites for hydroxylation is 1. The van der Waals surface area contributed by atoms with E-state index in [1.54, 1.807) is 6.07 Å². The van der Waals surface area contributed by atoms with Crippen LogP contribution < -0.4 is 0 Å². The molecule has 0 saturated heterocycles. The summed E-state index contributed by atoms with van der Waals surface area (Å²) in [6, 6.07) is 13.7. The standard InChI is InChI=1S/C17H13BrCl2N2/c1-10-17(14-7-6-13(19)9-15(14)20)22-16(21-10)8-11-2-4-12(18)5-3-11/h2-7,9H,8H2,1H3,(H,21,22). The predicted molar refractivity (Wildman–Crippen MR) is 95.7 cm³/mol. The van der Waals surface area contributed by atoms with Crippen LogP contribution in [0, 0.1) is 6.92 Å². The molecule has 0 fully saturated rings. The number of imidazole rings is 1. The fourth-order valence-corrected chi connectivity index (χ4v) is 3.11. The lowest BCUT2D eigenvalue weighted by molar-refractivity contribution is 1.02. The van der Waals surface area contributed by atoms with Gasteiger partial charge in [-0.1, -0.05) is 51.3 Å². The van der Waals surface area contributed by atoms with Gasteiger partial charge in [-0.15, -0.1) is 0 Å². The normalized spacial score (nSPS) is 10.9. The summed E-state index contributed by atoms with van der Waals surface area (Å²) in [5.74, 6) is 0.917. The molecule has 1 heterocycles. The molecule has 0 aliphatic heterocycles. The lowest BCUT2D eigenvalue weighted by Crippen LogP contribution is -1.90. The number of halogens is 3. The number of nitrogens with one attached hydrogen (secondary N) is 1. The highest BCUT2D eigenvalue weighted by Crippen LogP contribution is 2.31. The van der Waals surface area contributed by atoms with Crippen LogP contribution in [0.2, 0.25) is 10.0 Å². The highest BCUT2D eigenvalue weighted by atomic mass is 79.9. The Hall–Kier alpha value is -1.29. The molecule has 22 heavy (non-hydrogen) atoms. The first kappa shape index (κ1) is 15.6. The summed E-state index contributed by atoms with van der Waals surface area (Å²) in [5.41, 5.74) is 3.96. The van der Waals surface area contributed by atoms with E-state index in [2.05, 4.69) is 33.0 Å². The van der Waals surface area contributed by atoms with Gasteiger partial charge >= 0.3 is 0 Å². The first-order valence-corrected chi connectivity index (χ1v) is 8.33.